The number of rotatable bonds is 6. The lowest BCUT2D eigenvalue weighted by Crippen LogP contribution is -2.64. The van der Waals surface area contributed by atoms with E-state index in [1.165, 1.54) is 16.7 Å². The molecular weight excluding hydrogens is 462 g/mol. The number of esters is 2. The van der Waals surface area contributed by atoms with Crippen LogP contribution in [0.3, 0.4) is 0 Å². The van der Waals surface area contributed by atoms with Gasteiger partial charge in [-0.1, -0.05) is 72.8 Å². The minimum Gasteiger partial charge on any atom is -0.459 e. The number of hydrogen-bond acceptors (Lipinski definition) is 6. The van der Waals surface area contributed by atoms with E-state index in [9.17, 15) is 14.4 Å². The van der Waals surface area contributed by atoms with Crippen molar-refractivity contribution >= 4 is 29.6 Å². The predicted octanol–water partition coefficient (Wildman–Crippen LogP) is 5.02. The van der Waals surface area contributed by atoms with Crippen LogP contribution in [0.25, 0.3) is 0 Å². The second-order valence-corrected chi connectivity index (χ2v) is 10.5. The zero-order valence-electron chi connectivity index (χ0n) is 20.3. The van der Waals surface area contributed by atoms with Crippen molar-refractivity contribution in [3.05, 3.63) is 95.2 Å². The Morgan fingerprint density at radius 2 is 1.60 bits per heavy atom. The fourth-order valence-electron chi connectivity index (χ4n) is 4.16. The first-order valence-electron chi connectivity index (χ1n) is 11.6. The third kappa shape index (κ3) is 5.20. The molecule has 4 rings (SSSR count). The van der Waals surface area contributed by atoms with E-state index < -0.39 is 40.8 Å². The molecule has 0 radical (unpaired) electrons. The maximum absolute atomic E-state index is 13.6. The van der Waals surface area contributed by atoms with E-state index in [0.29, 0.717) is 11.3 Å². The van der Waals surface area contributed by atoms with Crippen LogP contribution >= 0.6 is 11.8 Å². The van der Waals surface area contributed by atoms with E-state index in [2.05, 4.69) is 0 Å². The summed E-state index contributed by atoms with van der Waals surface area (Å²) in [6, 6.07) is 19.0. The van der Waals surface area contributed by atoms with Gasteiger partial charge in [-0.05, 0) is 44.4 Å². The van der Waals surface area contributed by atoms with Crippen molar-refractivity contribution in [3.8, 4) is 0 Å². The van der Waals surface area contributed by atoms with Gasteiger partial charge in [0, 0.05) is 5.75 Å². The second kappa shape index (κ2) is 10.1. The Morgan fingerprint density at radius 3 is 2.11 bits per heavy atom. The van der Waals surface area contributed by atoms with Gasteiger partial charge in [0.15, 0.2) is 12.0 Å². The van der Waals surface area contributed by atoms with Crippen LogP contribution in [0.1, 0.15) is 44.9 Å². The van der Waals surface area contributed by atoms with Crippen LogP contribution in [-0.4, -0.2) is 39.5 Å². The molecule has 2 atom stereocenters. The van der Waals surface area contributed by atoms with Crippen LogP contribution in [0.4, 0.5) is 0 Å². The number of nitrogens with zero attached hydrogens (tertiary/aromatic N) is 1. The third-order valence-electron chi connectivity index (χ3n) is 5.65. The largest absolute Gasteiger partial charge is 0.459 e. The summed E-state index contributed by atoms with van der Waals surface area (Å²) in [6.07, 6.45) is 2.99. The molecule has 1 fully saturated rings. The van der Waals surface area contributed by atoms with Gasteiger partial charge in [0.05, 0.1) is 0 Å². The normalized spacial score (nSPS) is 20.0. The lowest BCUT2D eigenvalue weighted by atomic mass is 9.95. The van der Waals surface area contributed by atoms with Gasteiger partial charge in [0.1, 0.15) is 16.7 Å². The molecule has 0 N–H and O–H groups in total. The molecule has 0 spiro atoms. The number of benzene rings is 2. The van der Waals surface area contributed by atoms with Crippen molar-refractivity contribution in [1.82, 2.24) is 4.90 Å². The molecule has 0 saturated carbocycles. The average molecular weight is 492 g/mol. The number of hydrogen-bond donors (Lipinski definition) is 0. The van der Waals surface area contributed by atoms with Crippen molar-refractivity contribution in [3.63, 3.8) is 0 Å². The van der Waals surface area contributed by atoms with Gasteiger partial charge in [-0.2, -0.15) is 0 Å². The number of ether oxygens (including phenoxy) is 2. The van der Waals surface area contributed by atoms with Gasteiger partial charge < -0.3 is 9.47 Å². The van der Waals surface area contributed by atoms with Gasteiger partial charge in [-0.15, -0.1) is 11.8 Å². The maximum atomic E-state index is 13.6. The van der Waals surface area contributed by atoms with Crippen molar-refractivity contribution in [2.24, 2.45) is 5.92 Å². The van der Waals surface area contributed by atoms with Crippen LogP contribution in [0.2, 0.25) is 0 Å². The minimum absolute atomic E-state index is 0.188. The summed E-state index contributed by atoms with van der Waals surface area (Å²) in [7, 11) is 0. The summed E-state index contributed by atoms with van der Waals surface area (Å²) >= 11 is 1.45. The van der Waals surface area contributed by atoms with E-state index >= 15 is 0 Å². The molecule has 0 aromatic heterocycles. The Hall–Kier alpha value is -3.32. The first kappa shape index (κ1) is 24.8. The SMILES string of the molecule is CC=CC1=C(C(=O)OC(c2ccccc2)c2ccccc2)N2C(=O)C(C(=O)OC(C)(C)C)[C@@H]2SC1. The standard InChI is InChI=1S/C28H29NO5S/c1-5-12-20-17-35-25-21(26(31)34-28(2,3)4)24(30)29(25)22(20)27(32)33-23(18-13-8-6-9-14-18)19-15-10-7-11-16-19/h5-16,21,23,25H,17H2,1-4H3/t21?,25-/m0/s1. The first-order valence-corrected chi connectivity index (χ1v) is 12.6. The van der Waals surface area contributed by atoms with Crippen molar-refractivity contribution in [2.45, 2.75) is 44.8 Å². The number of allylic oxidation sites excluding steroid dienone is 2. The molecule has 1 unspecified atom stereocenters. The minimum atomic E-state index is -0.937. The number of β-lactam (4-membered cyclic amide) rings is 1. The summed E-state index contributed by atoms with van der Waals surface area (Å²) in [5.74, 6) is -2.07. The van der Waals surface area contributed by atoms with Crippen molar-refractivity contribution in [2.75, 3.05) is 5.75 Å². The topological polar surface area (TPSA) is 72.9 Å². The van der Waals surface area contributed by atoms with Crippen LogP contribution in [0.5, 0.6) is 0 Å². The highest BCUT2D eigenvalue weighted by molar-refractivity contribution is 8.00. The molecule has 7 heteroatoms. The first-order chi connectivity index (χ1) is 16.7. The van der Waals surface area contributed by atoms with Crippen molar-refractivity contribution < 1.29 is 23.9 Å². The summed E-state index contributed by atoms with van der Waals surface area (Å²) in [4.78, 5) is 40.9. The molecule has 182 valence electrons. The van der Waals surface area contributed by atoms with E-state index in [4.69, 9.17) is 9.47 Å². The molecule has 2 heterocycles. The lowest BCUT2D eigenvalue weighted by Gasteiger charge is -2.48. The fraction of sp³-hybridized carbons (Fsp3) is 0.321. The highest BCUT2D eigenvalue weighted by Gasteiger charge is 2.58. The van der Waals surface area contributed by atoms with Gasteiger partial charge in [0.2, 0.25) is 5.91 Å². The van der Waals surface area contributed by atoms with E-state index in [-0.39, 0.29) is 5.70 Å². The Kier molecular flexibility index (Phi) is 7.17. The lowest BCUT2D eigenvalue weighted by molar-refractivity contribution is -0.175. The fourth-order valence-corrected chi connectivity index (χ4v) is 5.52. The molecule has 0 aliphatic carbocycles. The van der Waals surface area contributed by atoms with Gasteiger partial charge >= 0.3 is 11.9 Å². The Bertz CT molecular complexity index is 1130. The molecule has 1 saturated heterocycles. The molecule has 2 aromatic carbocycles. The number of amides is 1. The average Bonchev–Trinajstić information content (AvgIpc) is 2.82. The Balaban J connectivity index is 1.65. The molecular formula is C28H29NO5S. The van der Waals surface area contributed by atoms with E-state index in [1.807, 2.05) is 79.7 Å². The Labute approximate surface area is 210 Å². The van der Waals surface area contributed by atoms with Gasteiger partial charge in [-0.3, -0.25) is 14.5 Å². The molecule has 6 nitrogen and oxygen atoms in total. The highest BCUT2D eigenvalue weighted by Crippen LogP contribution is 2.45. The third-order valence-corrected chi connectivity index (χ3v) is 6.95. The monoisotopic (exact) mass is 491 g/mol. The van der Waals surface area contributed by atoms with E-state index in [1.54, 1.807) is 20.8 Å². The smallest absolute Gasteiger partial charge is 0.356 e. The van der Waals surface area contributed by atoms with Gasteiger partial charge in [0.25, 0.3) is 0 Å². The number of thioether (sulfide) groups is 1. The predicted molar refractivity (Wildman–Crippen MR) is 135 cm³/mol. The summed E-state index contributed by atoms with van der Waals surface area (Å²) < 4.78 is 11.5. The van der Waals surface area contributed by atoms with Crippen LogP contribution in [0, 0.1) is 5.92 Å². The number of carbonyl (C=O) groups is 3. The van der Waals surface area contributed by atoms with Crippen LogP contribution < -0.4 is 0 Å². The molecule has 1 amide bonds. The molecule has 2 aliphatic heterocycles. The van der Waals surface area contributed by atoms with E-state index in [0.717, 1.165) is 11.1 Å². The van der Waals surface area contributed by atoms with Crippen LogP contribution in [0.15, 0.2) is 84.1 Å². The molecule has 35 heavy (non-hydrogen) atoms. The Morgan fingerprint density at radius 1 is 1.03 bits per heavy atom. The second-order valence-electron chi connectivity index (χ2n) is 9.40. The van der Waals surface area contributed by atoms with Gasteiger partial charge in [-0.25, -0.2) is 4.79 Å². The quantitative estimate of drug-likeness (QED) is 0.321. The van der Waals surface area contributed by atoms with Crippen LogP contribution in [-0.2, 0) is 23.9 Å². The maximum Gasteiger partial charge on any atom is 0.356 e. The molecule has 2 aliphatic rings. The number of carbonyl (C=O) groups excluding carboxylic acids is 3. The molecule has 0 bridgehead atoms. The molecule has 2 aromatic rings. The summed E-state index contributed by atoms with van der Waals surface area (Å²) in [6.45, 7) is 7.14. The summed E-state index contributed by atoms with van der Waals surface area (Å²) in [5.41, 5.74) is 1.82. The highest BCUT2D eigenvalue weighted by atomic mass is 32.2. The zero-order valence-corrected chi connectivity index (χ0v) is 21.1. The summed E-state index contributed by atoms with van der Waals surface area (Å²) in [5, 5.41) is -0.499. The zero-order chi connectivity index (χ0) is 25.2. The van der Waals surface area contributed by atoms with Crippen molar-refractivity contribution in [1.29, 1.82) is 0 Å². The number of fused-ring (bicyclic) bond motifs is 1.